The molecule has 0 aromatic rings. The first-order valence-electron chi connectivity index (χ1n) is 5.31. The predicted octanol–water partition coefficient (Wildman–Crippen LogP) is 1.31. The summed E-state index contributed by atoms with van der Waals surface area (Å²) in [6.07, 6.45) is 6.99. The van der Waals surface area contributed by atoms with Crippen LogP contribution in [0.25, 0.3) is 0 Å². The van der Waals surface area contributed by atoms with E-state index in [1.165, 1.54) is 0 Å². The molecule has 3 aliphatic rings. The number of Topliss-reactive ketones (excluding diaryl/α,β-unsaturated/α-hetero) is 1. The fourth-order valence-electron chi connectivity index (χ4n) is 3.28. The van der Waals surface area contributed by atoms with E-state index >= 15 is 0 Å². The molecular weight excluding hydrogens is 176 g/mol. The van der Waals surface area contributed by atoms with Gasteiger partial charge in [0.2, 0.25) is 0 Å². The van der Waals surface area contributed by atoms with Gasteiger partial charge in [-0.15, -0.1) is 0 Å². The van der Waals surface area contributed by atoms with E-state index in [9.17, 15) is 9.90 Å². The number of carbonyl (C=O) groups excluding carboxylic acids is 1. The monoisotopic (exact) mass is 190 g/mol. The molecule has 1 N–H and O–H groups in total. The molecule has 0 spiro atoms. The summed E-state index contributed by atoms with van der Waals surface area (Å²) in [5.41, 5.74) is 0.651. The van der Waals surface area contributed by atoms with E-state index in [4.69, 9.17) is 0 Å². The van der Waals surface area contributed by atoms with Gasteiger partial charge in [-0.2, -0.15) is 0 Å². The number of aliphatic hydroxyl groups is 1. The second-order valence-corrected chi connectivity index (χ2v) is 4.71. The van der Waals surface area contributed by atoms with E-state index in [0.29, 0.717) is 23.3 Å². The lowest BCUT2D eigenvalue weighted by Gasteiger charge is -2.18. The van der Waals surface area contributed by atoms with Crippen LogP contribution in [0.5, 0.6) is 0 Å². The molecule has 0 saturated heterocycles. The smallest absolute Gasteiger partial charge is 0.165 e. The van der Waals surface area contributed by atoms with Crippen LogP contribution in [-0.4, -0.2) is 17.0 Å². The lowest BCUT2D eigenvalue weighted by Crippen LogP contribution is -2.23. The Labute approximate surface area is 83.3 Å². The quantitative estimate of drug-likeness (QED) is 0.633. The van der Waals surface area contributed by atoms with E-state index in [0.717, 1.165) is 6.42 Å². The SMILES string of the molecule is CC(O)C1=C[C@@H]2[C@H](C1=O)[C@H]1C=C[C@@H]2C1. The van der Waals surface area contributed by atoms with Crippen molar-refractivity contribution in [1.29, 1.82) is 0 Å². The molecule has 74 valence electrons. The highest BCUT2D eigenvalue weighted by molar-refractivity contribution is 6.01. The molecule has 0 radical (unpaired) electrons. The Morgan fingerprint density at radius 3 is 2.79 bits per heavy atom. The summed E-state index contributed by atoms with van der Waals surface area (Å²) in [4.78, 5) is 12.0. The maximum absolute atomic E-state index is 12.0. The molecule has 2 bridgehead atoms. The second-order valence-electron chi connectivity index (χ2n) is 4.71. The Morgan fingerprint density at radius 1 is 1.43 bits per heavy atom. The van der Waals surface area contributed by atoms with Crippen LogP contribution in [0.4, 0.5) is 0 Å². The molecule has 0 aliphatic heterocycles. The standard InChI is InChI=1S/C12H14O2/c1-6(13)9-5-10-7-2-3-8(4-7)11(10)12(9)14/h2-3,5-8,10-11,13H,4H2,1H3/t6?,7-,8+,10+,11-/m1/s1. The Balaban J connectivity index is 1.98. The van der Waals surface area contributed by atoms with Crippen molar-refractivity contribution >= 4 is 5.78 Å². The summed E-state index contributed by atoms with van der Waals surface area (Å²) in [7, 11) is 0. The molecule has 2 nitrogen and oxygen atoms in total. The van der Waals surface area contributed by atoms with E-state index in [-0.39, 0.29) is 11.7 Å². The van der Waals surface area contributed by atoms with E-state index in [1.807, 2.05) is 6.08 Å². The van der Waals surface area contributed by atoms with Crippen LogP contribution in [-0.2, 0) is 4.79 Å². The largest absolute Gasteiger partial charge is 0.389 e. The number of hydrogen-bond donors (Lipinski definition) is 1. The molecule has 14 heavy (non-hydrogen) atoms. The van der Waals surface area contributed by atoms with Gasteiger partial charge in [0, 0.05) is 11.5 Å². The van der Waals surface area contributed by atoms with Crippen molar-refractivity contribution in [3.05, 3.63) is 23.8 Å². The minimum absolute atomic E-state index is 0.162. The summed E-state index contributed by atoms with van der Waals surface area (Å²) < 4.78 is 0. The summed E-state index contributed by atoms with van der Waals surface area (Å²) in [6.45, 7) is 1.68. The Kier molecular flexibility index (Phi) is 1.55. The van der Waals surface area contributed by atoms with Crippen molar-refractivity contribution in [2.24, 2.45) is 23.7 Å². The molecule has 3 rings (SSSR count). The van der Waals surface area contributed by atoms with Crippen molar-refractivity contribution < 1.29 is 9.90 Å². The van der Waals surface area contributed by atoms with Crippen molar-refractivity contribution in [2.45, 2.75) is 19.4 Å². The van der Waals surface area contributed by atoms with Gasteiger partial charge in [-0.05, 0) is 31.1 Å². The minimum Gasteiger partial charge on any atom is -0.389 e. The fraction of sp³-hybridized carbons (Fsp3) is 0.583. The molecule has 0 heterocycles. The van der Waals surface area contributed by atoms with Gasteiger partial charge >= 0.3 is 0 Å². The molecule has 0 amide bonds. The van der Waals surface area contributed by atoms with E-state index in [2.05, 4.69) is 12.2 Å². The fourth-order valence-corrected chi connectivity index (χ4v) is 3.28. The lowest BCUT2D eigenvalue weighted by atomic mass is 9.85. The number of allylic oxidation sites excluding steroid dienone is 3. The van der Waals surface area contributed by atoms with Crippen LogP contribution in [0.2, 0.25) is 0 Å². The summed E-state index contributed by atoms with van der Waals surface area (Å²) in [5.74, 6) is 1.76. The molecule has 1 fully saturated rings. The average molecular weight is 190 g/mol. The molecule has 5 atom stereocenters. The van der Waals surface area contributed by atoms with Gasteiger partial charge in [-0.3, -0.25) is 4.79 Å². The first kappa shape index (κ1) is 8.42. The van der Waals surface area contributed by atoms with Crippen LogP contribution in [0, 0.1) is 23.7 Å². The number of rotatable bonds is 1. The summed E-state index contributed by atoms with van der Waals surface area (Å²) >= 11 is 0. The van der Waals surface area contributed by atoms with Gasteiger partial charge in [0.15, 0.2) is 5.78 Å². The van der Waals surface area contributed by atoms with Gasteiger partial charge in [-0.1, -0.05) is 18.2 Å². The third-order valence-electron chi connectivity index (χ3n) is 3.93. The minimum atomic E-state index is -0.590. The highest BCUT2D eigenvalue weighted by Gasteiger charge is 2.51. The topological polar surface area (TPSA) is 37.3 Å². The van der Waals surface area contributed by atoms with E-state index < -0.39 is 6.10 Å². The van der Waals surface area contributed by atoms with Crippen molar-refractivity contribution in [3.63, 3.8) is 0 Å². The molecule has 1 saturated carbocycles. The summed E-state index contributed by atoms with van der Waals surface area (Å²) in [6, 6.07) is 0. The van der Waals surface area contributed by atoms with Crippen LogP contribution in [0.15, 0.2) is 23.8 Å². The Morgan fingerprint density at radius 2 is 2.14 bits per heavy atom. The number of fused-ring (bicyclic) bond motifs is 5. The first-order valence-corrected chi connectivity index (χ1v) is 5.31. The Bertz CT molecular complexity index is 351. The number of hydrogen-bond acceptors (Lipinski definition) is 2. The van der Waals surface area contributed by atoms with Crippen LogP contribution in [0.1, 0.15) is 13.3 Å². The molecule has 3 aliphatic carbocycles. The predicted molar refractivity (Wildman–Crippen MR) is 52.5 cm³/mol. The zero-order chi connectivity index (χ0) is 9.87. The molecule has 1 unspecified atom stereocenters. The second kappa shape index (κ2) is 2.57. The molecule has 2 heteroatoms. The van der Waals surface area contributed by atoms with Crippen molar-refractivity contribution in [3.8, 4) is 0 Å². The number of ketones is 1. The molecule has 0 aromatic carbocycles. The average Bonchev–Trinajstić information content (AvgIpc) is 2.75. The van der Waals surface area contributed by atoms with Crippen LogP contribution in [0.3, 0.4) is 0 Å². The highest BCUT2D eigenvalue weighted by atomic mass is 16.3. The maximum Gasteiger partial charge on any atom is 0.165 e. The Hall–Kier alpha value is -0.890. The molecule has 0 aromatic heterocycles. The van der Waals surface area contributed by atoms with Gasteiger partial charge in [0.1, 0.15) is 0 Å². The normalized spacial score (nSPS) is 45.6. The zero-order valence-corrected chi connectivity index (χ0v) is 8.18. The third kappa shape index (κ3) is 0.871. The van der Waals surface area contributed by atoms with Gasteiger partial charge in [0.05, 0.1) is 6.10 Å². The zero-order valence-electron chi connectivity index (χ0n) is 8.18. The van der Waals surface area contributed by atoms with Crippen molar-refractivity contribution in [1.82, 2.24) is 0 Å². The van der Waals surface area contributed by atoms with Gasteiger partial charge < -0.3 is 5.11 Å². The van der Waals surface area contributed by atoms with Gasteiger partial charge in [0.25, 0.3) is 0 Å². The van der Waals surface area contributed by atoms with E-state index in [1.54, 1.807) is 6.92 Å². The third-order valence-corrected chi connectivity index (χ3v) is 3.93. The van der Waals surface area contributed by atoms with Crippen LogP contribution >= 0.6 is 0 Å². The number of carbonyl (C=O) groups is 1. The van der Waals surface area contributed by atoms with Crippen molar-refractivity contribution in [2.75, 3.05) is 0 Å². The highest BCUT2D eigenvalue weighted by Crippen LogP contribution is 2.53. The van der Waals surface area contributed by atoms with Crippen LogP contribution < -0.4 is 0 Å². The summed E-state index contributed by atoms with van der Waals surface area (Å²) in [5, 5.41) is 9.46. The first-order chi connectivity index (χ1) is 6.68. The van der Waals surface area contributed by atoms with Gasteiger partial charge in [-0.25, -0.2) is 0 Å². The maximum atomic E-state index is 12.0. The molecular formula is C12H14O2. The number of aliphatic hydroxyl groups excluding tert-OH is 1. The lowest BCUT2D eigenvalue weighted by molar-refractivity contribution is -0.120.